The largest absolute Gasteiger partial charge is 0.490 e. The third-order valence-electron chi connectivity index (χ3n) is 3.53. The number of hydrogen-bond acceptors (Lipinski definition) is 7. The van der Waals surface area contributed by atoms with Gasteiger partial charge in [0.25, 0.3) is 0 Å². The third kappa shape index (κ3) is 3.86. The van der Waals surface area contributed by atoms with E-state index in [2.05, 4.69) is 4.98 Å². The zero-order chi connectivity index (χ0) is 18.5. The van der Waals surface area contributed by atoms with Crippen molar-refractivity contribution in [2.75, 3.05) is 7.11 Å². The highest BCUT2D eigenvalue weighted by Gasteiger charge is 2.19. The van der Waals surface area contributed by atoms with E-state index in [0.717, 1.165) is 16.6 Å². The van der Waals surface area contributed by atoms with Gasteiger partial charge in [-0.1, -0.05) is 30.3 Å². The molecule has 0 aliphatic heterocycles. The van der Waals surface area contributed by atoms with Crippen molar-refractivity contribution in [1.29, 1.82) is 0 Å². The molecule has 0 bridgehead atoms. The Morgan fingerprint density at radius 2 is 2.00 bits per heavy atom. The summed E-state index contributed by atoms with van der Waals surface area (Å²) in [4.78, 5) is 27.0. The highest BCUT2D eigenvalue weighted by atomic mass is 32.1. The minimum absolute atomic E-state index is 0.0119. The van der Waals surface area contributed by atoms with Crippen molar-refractivity contribution in [2.24, 2.45) is 0 Å². The van der Waals surface area contributed by atoms with E-state index < -0.39 is 10.9 Å². The Hall–Kier alpha value is -3.26. The Labute approximate surface area is 153 Å². The number of benzene rings is 2. The maximum absolute atomic E-state index is 12.2. The molecule has 1 heterocycles. The number of hydrogen-bond donors (Lipinski definition) is 0. The van der Waals surface area contributed by atoms with Crippen LogP contribution >= 0.6 is 11.3 Å². The molecule has 1 aromatic heterocycles. The normalized spacial score (nSPS) is 10.3. The monoisotopic (exact) mass is 370 g/mol. The first-order chi connectivity index (χ1) is 12.6. The van der Waals surface area contributed by atoms with E-state index in [-0.39, 0.29) is 23.6 Å². The van der Waals surface area contributed by atoms with Crippen LogP contribution in [0.15, 0.2) is 53.9 Å². The topological polar surface area (TPSA) is 91.6 Å². The Bertz CT molecular complexity index is 940. The van der Waals surface area contributed by atoms with Crippen molar-refractivity contribution in [1.82, 2.24) is 4.98 Å². The highest BCUT2D eigenvalue weighted by Crippen LogP contribution is 2.28. The molecule has 0 unspecified atom stereocenters. The Morgan fingerprint density at radius 1 is 1.23 bits per heavy atom. The van der Waals surface area contributed by atoms with Gasteiger partial charge in [0.1, 0.15) is 11.6 Å². The molecule has 0 saturated carbocycles. The molecule has 0 N–H and O–H groups in total. The predicted molar refractivity (Wildman–Crippen MR) is 96.3 cm³/mol. The van der Waals surface area contributed by atoms with Gasteiger partial charge in [-0.15, -0.1) is 11.3 Å². The molecule has 0 atom stereocenters. The molecule has 0 spiro atoms. The van der Waals surface area contributed by atoms with E-state index in [1.54, 1.807) is 0 Å². The zero-order valence-electron chi connectivity index (χ0n) is 13.7. The SMILES string of the molecule is COc1ccc(C(=O)OCc2csc(-c3ccccc3)n2)cc1[N+](=O)[O-]. The van der Waals surface area contributed by atoms with Crippen LogP contribution in [0.3, 0.4) is 0 Å². The second kappa shape index (κ2) is 7.75. The van der Waals surface area contributed by atoms with Crippen LogP contribution < -0.4 is 4.74 Å². The summed E-state index contributed by atoms with van der Waals surface area (Å²) in [5, 5.41) is 13.7. The van der Waals surface area contributed by atoms with Gasteiger partial charge in [-0.3, -0.25) is 10.1 Å². The molecule has 132 valence electrons. The van der Waals surface area contributed by atoms with E-state index in [0.29, 0.717) is 5.69 Å². The molecule has 0 fully saturated rings. The number of carbonyl (C=O) groups is 1. The van der Waals surface area contributed by atoms with Crippen molar-refractivity contribution in [2.45, 2.75) is 6.61 Å². The average Bonchev–Trinajstić information content (AvgIpc) is 3.15. The van der Waals surface area contributed by atoms with Crippen LogP contribution in [-0.4, -0.2) is 23.0 Å². The number of esters is 1. The molecular weight excluding hydrogens is 356 g/mol. The lowest BCUT2D eigenvalue weighted by atomic mass is 10.2. The number of methoxy groups -OCH3 is 1. The van der Waals surface area contributed by atoms with Crippen molar-refractivity contribution in [3.05, 3.63) is 75.3 Å². The van der Waals surface area contributed by atoms with Gasteiger partial charge in [-0.05, 0) is 12.1 Å². The minimum Gasteiger partial charge on any atom is -0.490 e. The molecule has 0 aliphatic rings. The van der Waals surface area contributed by atoms with Crippen LogP contribution in [0.25, 0.3) is 10.6 Å². The number of nitro groups is 1. The van der Waals surface area contributed by atoms with Crippen molar-refractivity contribution in [3.8, 4) is 16.3 Å². The highest BCUT2D eigenvalue weighted by molar-refractivity contribution is 7.13. The molecule has 3 aromatic rings. The van der Waals surface area contributed by atoms with Crippen molar-refractivity contribution < 1.29 is 19.2 Å². The van der Waals surface area contributed by atoms with Gasteiger partial charge in [0.05, 0.1) is 23.3 Å². The molecule has 0 amide bonds. The zero-order valence-corrected chi connectivity index (χ0v) is 14.6. The van der Waals surface area contributed by atoms with E-state index in [1.807, 2.05) is 35.7 Å². The van der Waals surface area contributed by atoms with Gasteiger partial charge in [0, 0.05) is 17.0 Å². The maximum Gasteiger partial charge on any atom is 0.338 e. The fraction of sp³-hybridized carbons (Fsp3) is 0.111. The van der Waals surface area contributed by atoms with Crippen molar-refractivity contribution >= 4 is 23.0 Å². The summed E-state index contributed by atoms with van der Waals surface area (Å²) in [7, 11) is 1.33. The molecular formula is C18H14N2O5S. The third-order valence-corrected chi connectivity index (χ3v) is 4.48. The lowest BCUT2D eigenvalue weighted by Crippen LogP contribution is -2.06. The summed E-state index contributed by atoms with van der Waals surface area (Å²) < 4.78 is 10.1. The molecule has 0 saturated heterocycles. The van der Waals surface area contributed by atoms with Gasteiger partial charge in [-0.2, -0.15) is 0 Å². The number of ether oxygens (including phenoxy) is 2. The summed E-state index contributed by atoms with van der Waals surface area (Å²) in [6.45, 7) is -0.0119. The second-order valence-electron chi connectivity index (χ2n) is 5.23. The number of rotatable bonds is 6. The summed E-state index contributed by atoms with van der Waals surface area (Å²) in [5.74, 6) is -0.580. The Morgan fingerprint density at radius 3 is 2.69 bits per heavy atom. The first-order valence-electron chi connectivity index (χ1n) is 7.58. The van der Waals surface area contributed by atoms with Crippen LogP contribution in [0.5, 0.6) is 5.75 Å². The summed E-state index contributed by atoms with van der Waals surface area (Å²) in [6.07, 6.45) is 0. The molecule has 0 radical (unpaired) electrons. The molecule has 26 heavy (non-hydrogen) atoms. The van der Waals surface area contributed by atoms with Crippen molar-refractivity contribution in [3.63, 3.8) is 0 Å². The number of nitro benzene ring substituents is 1. The van der Waals surface area contributed by atoms with Crippen LogP contribution in [0.2, 0.25) is 0 Å². The Balaban J connectivity index is 1.69. The number of nitrogens with zero attached hydrogens (tertiary/aromatic N) is 2. The van der Waals surface area contributed by atoms with Gasteiger partial charge < -0.3 is 9.47 Å². The van der Waals surface area contributed by atoms with E-state index >= 15 is 0 Å². The number of aromatic nitrogens is 1. The molecule has 3 rings (SSSR count). The number of carbonyl (C=O) groups excluding carboxylic acids is 1. The standard InChI is InChI=1S/C18H14N2O5S/c1-24-16-8-7-13(9-15(16)20(22)23)18(21)25-10-14-11-26-17(19-14)12-5-3-2-4-6-12/h2-9,11H,10H2,1H3. The molecule has 2 aromatic carbocycles. The fourth-order valence-corrected chi connectivity index (χ4v) is 3.08. The first-order valence-corrected chi connectivity index (χ1v) is 8.46. The molecule has 0 aliphatic carbocycles. The quantitative estimate of drug-likeness (QED) is 0.369. The van der Waals surface area contributed by atoms with Gasteiger partial charge in [0.15, 0.2) is 5.75 Å². The van der Waals surface area contributed by atoms with Crippen LogP contribution in [0.4, 0.5) is 5.69 Å². The smallest absolute Gasteiger partial charge is 0.338 e. The van der Waals surface area contributed by atoms with E-state index in [1.165, 1.54) is 30.6 Å². The molecule has 8 heteroatoms. The average molecular weight is 370 g/mol. The predicted octanol–water partition coefficient (Wildman–Crippen LogP) is 4.08. The van der Waals surface area contributed by atoms with Crippen LogP contribution in [0, 0.1) is 10.1 Å². The molecule has 7 nitrogen and oxygen atoms in total. The van der Waals surface area contributed by atoms with Gasteiger partial charge in [0.2, 0.25) is 0 Å². The minimum atomic E-state index is -0.662. The summed E-state index contributed by atoms with van der Waals surface area (Å²) >= 11 is 1.45. The lowest BCUT2D eigenvalue weighted by molar-refractivity contribution is -0.385. The Kier molecular flexibility index (Phi) is 5.23. The van der Waals surface area contributed by atoms with Gasteiger partial charge in [-0.25, -0.2) is 9.78 Å². The van der Waals surface area contributed by atoms with Gasteiger partial charge >= 0.3 is 11.7 Å². The summed E-state index contributed by atoms with van der Waals surface area (Å²) in [5.41, 5.74) is 1.39. The lowest BCUT2D eigenvalue weighted by Gasteiger charge is -2.05. The first kappa shape index (κ1) is 17.6. The van der Waals surface area contributed by atoms with E-state index in [9.17, 15) is 14.9 Å². The fourth-order valence-electron chi connectivity index (χ4n) is 2.27. The van der Waals surface area contributed by atoms with Crippen LogP contribution in [0.1, 0.15) is 16.1 Å². The summed E-state index contributed by atoms with van der Waals surface area (Å²) in [6, 6.07) is 13.6. The van der Waals surface area contributed by atoms with E-state index in [4.69, 9.17) is 9.47 Å². The number of thiazole rings is 1. The second-order valence-corrected chi connectivity index (χ2v) is 6.09. The maximum atomic E-state index is 12.2. The van der Waals surface area contributed by atoms with Crippen LogP contribution in [-0.2, 0) is 11.3 Å².